The molecule has 8 heteroatoms. The molecule has 0 aromatic heterocycles. The quantitative estimate of drug-likeness (QED) is 0.635. The van der Waals surface area contributed by atoms with Crippen molar-refractivity contribution in [3.05, 3.63) is 39.4 Å². The van der Waals surface area contributed by atoms with Gasteiger partial charge < -0.3 is 15.2 Å². The molecular formula is C17H22N2O6. The molecule has 0 bridgehead atoms. The molecule has 1 amide bonds. The molecule has 1 fully saturated rings. The Kier molecular flexibility index (Phi) is 5.12. The van der Waals surface area contributed by atoms with Crippen molar-refractivity contribution >= 4 is 17.6 Å². The molecule has 8 nitrogen and oxygen atoms in total. The van der Waals surface area contributed by atoms with Crippen LogP contribution >= 0.6 is 0 Å². The maximum Gasteiger partial charge on any atom is 0.329 e. The molecule has 1 aliphatic heterocycles. The van der Waals surface area contributed by atoms with Crippen LogP contribution in [0.4, 0.5) is 5.69 Å². The summed E-state index contributed by atoms with van der Waals surface area (Å²) >= 11 is 0. The lowest BCUT2D eigenvalue weighted by Crippen LogP contribution is -2.57. The number of ether oxygens (including phenoxy) is 1. The molecule has 2 rings (SSSR count). The largest absolute Gasteiger partial charge is 0.480 e. The molecule has 0 aliphatic carbocycles. The fourth-order valence-electron chi connectivity index (χ4n) is 2.86. The third-order valence-electron chi connectivity index (χ3n) is 4.37. The third-order valence-corrected chi connectivity index (χ3v) is 4.37. The lowest BCUT2D eigenvalue weighted by atomic mass is 9.85. The fourth-order valence-corrected chi connectivity index (χ4v) is 2.86. The highest BCUT2D eigenvalue weighted by atomic mass is 16.6. The Hall–Kier alpha value is -2.48. The van der Waals surface area contributed by atoms with Crippen LogP contribution in [0.5, 0.6) is 0 Å². The number of aliphatic carboxylic acids is 1. The van der Waals surface area contributed by atoms with Gasteiger partial charge in [0.1, 0.15) is 5.54 Å². The van der Waals surface area contributed by atoms with Crippen LogP contribution in [0.15, 0.2) is 18.2 Å². The minimum absolute atomic E-state index is 0.0619. The predicted molar refractivity (Wildman–Crippen MR) is 89.7 cm³/mol. The summed E-state index contributed by atoms with van der Waals surface area (Å²) in [5.74, 6) is -1.78. The molecule has 25 heavy (non-hydrogen) atoms. The normalized spacial score (nSPS) is 16.9. The van der Waals surface area contributed by atoms with Gasteiger partial charge in [-0.1, -0.05) is 26.8 Å². The highest BCUT2D eigenvalue weighted by Crippen LogP contribution is 2.32. The Morgan fingerprint density at radius 1 is 1.28 bits per heavy atom. The predicted octanol–water partition coefficient (Wildman–Crippen LogP) is 2.26. The first-order valence-corrected chi connectivity index (χ1v) is 7.99. The number of carboxylic acids is 1. The Morgan fingerprint density at radius 3 is 2.36 bits per heavy atom. The number of carboxylic acid groups (broad SMARTS) is 1. The van der Waals surface area contributed by atoms with Crippen molar-refractivity contribution in [2.24, 2.45) is 0 Å². The van der Waals surface area contributed by atoms with Gasteiger partial charge in [-0.2, -0.15) is 0 Å². The van der Waals surface area contributed by atoms with Crippen LogP contribution in [-0.2, 0) is 14.9 Å². The van der Waals surface area contributed by atoms with Crippen molar-refractivity contribution in [1.82, 2.24) is 5.32 Å². The number of hydrogen-bond acceptors (Lipinski definition) is 5. The van der Waals surface area contributed by atoms with Crippen LogP contribution in [0.1, 0.15) is 49.5 Å². The Labute approximate surface area is 145 Å². The van der Waals surface area contributed by atoms with E-state index in [0.717, 1.165) is 0 Å². The zero-order valence-electron chi connectivity index (χ0n) is 14.5. The topological polar surface area (TPSA) is 119 Å². The molecule has 0 unspecified atom stereocenters. The van der Waals surface area contributed by atoms with Crippen molar-refractivity contribution in [3.63, 3.8) is 0 Å². The summed E-state index contributed by atoms with van der Waals surface area (Å²) in [6.45, 7) is 6.00. The number of nitro benzene ring substituents is 1. The van der Waals surface area contributed by atoms with Gasteiger partial charge in [-0.05, 0) is 11.5 Å². The standard InChI is InChI=1S/C17H22N2O6/c1-16(2,3)12-5-4-11(10-13(12)19(23)24)14(20)18-17(15(21)22)6-8-25-9-7-17/h4-5,10H,6-9H2,1-3H3,(H,18,20)(H,21,22). The minimum atomic E-state index is -1.41. The molecule has 0 spiro atoms. The molecule has 1 aromatic carbocycles. The molecule has 0 saturated carbocycles. The van der Waals surface area contributed by atoms with Gasteiger partial charge in [0.2, 0.25) is 0 Å². The third kappa shape index (κ3) is 3.96. The van der Waals surface area contributed by atoms with Gasteiger partial charge in [0.25, 0.3) is 11.6 Å². The van der Waals surface area contributed by atoms with Gasteiger partial charge in [0.05, 0.1) is 4.92 Å². The molecule has 2 N–H and O–H groups in total. The maximum absolute atomic E-state index is 12.5. The molecule has 1 aromatic rings. The number of carbonyl (C=O) groups excluding carboxylic acids is 1. The Balaban J connectivity index is 2.34. The van der Waals surface area contributed by atoms with Gasteiger partial charge in [-0.15, -0.1) is 0 Å². The van der Waals surface area contributed by atoms with E-state index in [-0.39, 0.29) is 37.3 Å². The first-order chi connectivity index (χ1) is 11.6. The van der Waals surface area contributed by atoms with Crippen LogP contribution in [0.2, 0.25) is 0 Å². The molecular weight excluding hydrogens is 328 g/mol. The van der Waals surface area contributed by atoms with Crippen molar-refractivity contribution < 1.29 is 24.4 Å². The van der Waals surface area contributed by atoms with E-state index < -0.39 is 27.8 Å². The van der Waals surface area contributed by atoms with E-state index in [4.69, 9.17) is 4.74 Å². The van der Waals surface area contributed by atoms with E-state index in [1.165, 1.54) is 12.1 Å². The minimum Gasteiger partial charge on any atom is -0.480 e. The maximum atomic E-state index is 12.5. The average Bonchev–Trinajstić information content (AvgIpc) is 2.54. The van der Waals surface area contributed by atoms with E-state index in [2.05, 4.69) is 5.32 Å². The summed E-state index contributed by atoms with van der Waals surface area (Å²) in [6, 6.07) is 4.23. The smallest absolute Gasteiger partial charge is 0.329 e. The SMILES string of the molecule is CC(C)(C)c1ccc(C(=O)NC2(C(=O)O)CCOCC2)cc1[N+](=O)[O-]. The van der Waals surface area contributed by atoms with E-state index in [1.807, 2.05) is 20.8 Å². The average molecular weight is 350 g/mol. The first-order valence-electron chi connectivity index (χ1n) is 7.99. The number of benzene rings is 1. The van der Waals surface area contributed by atoms with Gasteiger partial charge in [0, 0.05) is 43.2 Å². The fraction of sp³-hybridized carbons (Fsp3) is 0.529. The summed E-state index contributed by atoms with van der Waals surface area (Å²) in [7, 11) is 0. The number of amides is 1. The highest BCUT2D eigenvalue weighted by Gasteiger charge is 2.42. The zero-order chi connectivity index (χ0) is 18.8. The number of hydrogen-bond donors (Lipinski definition) is 2. The second-order valence-electron chi connectivity index (χ2n) is 7.19. The Morgan fingerprint density at radius 2 is 1.88 bits per heavy atom. The molecule has 1 aliphatic rings. The lowest BCUT2D eigenvalue weighted by molar-refractivity contribution is -0.386. The summed E-state index contributed by atoms with van der Waals surface area (Å²) < 4.78 is 5.16. The summed E-state index contributed by atoms with van der Waals surface area (Å²) in [6.07, 6.45) is 0.298. The second kappa shape index (κ2) is 6.79. The molecule has 0 radical (unpaired) electrons. The van der Waals surface area contributed by atoms with Crippen LogP contribution in [0.3, 0.4) is 0 Å². The zero-order valence-corrected chi connectivity index (χ0v) is 14.5. The monoisotopic (exact) mass is 350 g/mol. The van der Waals surface area contributed by atoms with Crippen LogP contribution < -0.4 is 5.32 Å². The lowest BCUT2D eigenvalue weighted by Gasteiger charge is -2.33. The van der Waals surface area contributed by atoms with Crippen LogP contribution in [0, 0.1) is 10.1 Å². The molecule has 0 atom stereocenters. The van der Waals surface area contributed by atoms with E-state index in [0.29, 0.717) is 5.56 Å². The highest BCUT2D eigenvalue weighted by molar-refractivity contribution is 5.98. The molecule has 136 valence electrons. The van der Waals surface area contributed by atoms with E-state index in [9.17, 15) is 24.8 Å². The summed E-state index contributed by atoms with van der Waals surface area (Å²) in [5, 5.41) is 23.4. The molecule has 1 heterocycles. The van der Waals surface area contributed by atoms with Gasteiger partial charge in [-0.25, -0.2) is 4.79 Å². The van der Waals surface area contributed by atoms with E-state index in [1.54, 1.807) is 6.07 Å². The number of rotatable bonds is 4. The van der Waals surface area contributed by atoms with Crippen LogP contribution in [-0.4, -0.2) is 40.7 Å². The molecule has 1 saturated heterocycles. The van der Waals surface area contributed by atoms with Gasteiger partial charge in [0.15, 0.2) is 0 Å². The van der Waals surface area contributed by atoms with Crippen molar-refractivity contribution in [2.75, 3.05) is 13.2 Å². The number of nitro groups is 1. The summed E-state index contributed by atoms with van der Waals surface area (Å²) in [4.78, 5) is 35.0. The number of nitrogens with zero attached hydrogens (tertiary/aromatic N) is 1. The number of nitrogens with one attached hydrogen (secondary N) is 1. The van der Waals surface area contributed by atoms with Crippen molar-refractivity contribution in [2.45, 2.75) is 44.6 Å². The van der Waals surface area contributed by atoms with Crippen molar-refractivity contribution in [1.29, 1.82) is 0 Å². The Bertz CT molecular complexity index is 702. The van der Waals surface area contributed by atoms with E-state index >= 15 is 0 Å². The van der Waals surface area contributed by atoms with Gasteiger partial charge >= 0.3 is 5.97 Å². The second-order valence-corrected chi connectivity index (χ2v) is 7.19. The summed E-state index contributed by atoms with van der Waals surface area (Å²) in [5.41, 5.74) is -1.45. The van der Waals surface area contributed by atoms with Gasteiger partial charge in [-0.3, -0.25) is 14.9 Å². The first kappa shape index (κ1) is 18.9. The number of carbonyl (C=O) groups is 2. The van der Waals surface area contributed by atoms with Crippen molar-refractivity contribution in [3.8, 4) is 0 Å². The van der Waals surface area contributed by atoms with Crippen LogP contribution in [0.25, 0.3) is 0 Å².